The van der Waals surface area contributed by atoms with Gasteiger partial charge in [0.05, 0.1) is 26.4 Å². The maximum absolute atomic E-state index is 12.0. The van der Waals surface area contributed by atoms with E-state index in [4.69, 9.17) is 18.5 Å². The van der Waals surface area contributed by atoms with Gasteiger partial charge in [-0.25, -0.2) is 9.59 Å². The third-order valence-electron chi connectivity index (χ3n) is 2.89. The van der Waals surface area contributed by atoms with Crippen molar-refractivity contribution in [1.29, 1.82) is 0 Å². The Kier molecular flexibility index (Phi) is 12.1. The molecule has 0 bridgehead atoms. The average Bonchev–Trinajstić information content (AvgIpc) is 2.53. The van der Waals surface area contributed by atoms with Gasteiger partial charge in [0.25, 0.3) is 0 Å². The zero-order chi connectivity index (χ0) is 19.3. The van der Waals surface area contributed by atoms with Gasteiger partial charge >= 0.3 is 19.5 Å². The second-order valence-electron chi connectivity index (χ2n) is 5.68. The SMILES string of the molecule is C=C(C)C(=O)OCCCCOP(C)(=O)OCCCCOC(=O)C(=C)C. The Hall–Kier alpha value is -1.43. The Bertz CT molecular complexity index is 471. The van der Waals surface area contributed by atoms with Crippen molar-refractivity contribution < 1.29 is 32.7 Å². The molecule has 0 rings (SSSR count). The van der Waals surface area contributed by atoms with Crippen LogP contribution in [0.25, 0.3) is 0 Å². The molecule has 0 aliphatic heterocycles. The highest BCUT2D eigenvalue weighted by Gasteiger charge is 2.16. The molecule has 0 saturated heterocycles. The van der Waals surface area contributed by atoms with Gasteiger partial charge in [0.15, 0.2) is 0 Å². The number of carbonyl (C=O) groups is 2. The molecule has 8 heteroatoms. The van der Waals surface area contributed by atoms with Crippen molar-refractivity contribution in [3.05, 3.63) is 24.3 Å². The molecule has 0 aliphatic rings. The van der Waals surface area contributed by atoms with Crippen molar-refractivity contribution in [3.63, 3.8) is 0 Å². The number of unbranched alkanes of at least 4 members (excludes halogenated alkanes) is 2. The number of hydrogen-bond donors (Lipinski definition) is 0. The number of ether oxygens (including phenoxy) is 2. The molecular formula is C17H29O7P. The van der Waals surface area contributed by atoms with Crippen LogP contribution < -0.4 is 0 Å². The van der Waals surface area contributed by atoms with Gasteiger partial charge in [-0.3, -0.25) is 4.57 Å². The van der Waals surface area contributed by atoms with Crippen LogP contribution in [-0.4, -0.2) is 45.0 Å². The van der Waals surface area contributed by atoms with Gasteiger partial charge in [-0.15, -0.1) is 0 Å². The monoisotopic (exact) mass is 376 g/mol. The van der Waals surface area contributed by atoms with Crippen molar-refractivity contribution in [3.8, 4) is 0 Å². The van der Waals surface area contributed by atoms with Crippen molar-refractivity contribution in [2.45, 2.75) is 39.5 Å². The Balaban J connectivity index is 3.63. The predicted octanol–water partition coefficient (Wildman–Crippen LogP) is 3.64. The summed E-state index contributed by atoms with van der Waals surface area (Å²) < 4.78 is 32.4. The van der Waals surface area contributed by atoms with E-state index in [2.05, 4.69) is 13.2 Å². The van der Waals surface area contributed by atoms with Crippen LogP contribution in [0.1, 0.15) is 39.5 Å². The fourth-order valence-corrected chi connectivity index (χ4v) is 2.48. The van der Waals surface area contributed by atoms with E-state index in [9.17, 15) is 14.2 Å². The van der Waals surface area contributed by atoms with E-state index in [1.165, 1.54) is 6.66 Å². The van der Waals surface area contributed by atoms with Gasteiger partial charge in [-0.2, -0.15) is 0 Å². The number of hydrogen-bond acceptors (Lipinski definition) is 7. The fraction of sp³-hybridized carbons (Fsp3) is 0.647. The lowest BCUT2D eigenvalue weighted by Gasteiger charge is -2.14. The first kappa shape index (κ1) is 23.6. The maximum atomic E-state index is 12.0. The average molecular weight is 376 g/mol. The summed E-state index contributed by atoms with van der Waals surface area (Å²) in [5, 5.41) is 0. The summed E-state index contributed by atoms with van der Waals surface area (Å²) >= 11 is 0. The molecule has 0 saturated carbocycles. The van der Waals surface area contributed by atoms with Crippen LogP contribution in [0.2, 0.25) is 0 Å². The fourth-order valence-electron chi connectivity index (χ4n) is 1.48. The number of esters is 2. The first-order valence-electron chi connectivity index (χ1n) is 8.17. The summed E-state index contributed by atoms with van der Waals surface area (Å²) in [4.78, 5) is 22.3. The Morgan fingerprint density at radius 2 is 1.08 bits per heavy atom. The minimum atomic E-state index is -3.10. The largest absolute Gasteiger partial charge is 0.462 e. The zero-order valence-corrected chi connectivity index (χ0v) is 16.3. The first-order valence-corrected chi connectivity index (χ1v) is 10.2. The van der Waals surface area contributed by atoms with Gasteiger partial charge in [0.1, 0.15) is 0 Å². The molecule has 0 aliphatic carbocycles. The van der Waals surface area contributed by atoms with Gasteiger partial charge in [-0.05, 0) is 39.5 Å². The zero-order valence-electron chi connectivity index (χ0n) is 15.4. The highest BCUT2D eigenvalue weighted by Crippen LogP contribution is 2.43. The molecule has 0 aromatic rings. The summed E-state index contributed by atoms with van der Waals surface area (Å²) in [6, 6.07) is 0. The van der Waals surface area contributed by atoms with Gasteiger partial charge in [0.2, 0.25) is 0 Å². The molecule has 144 valence electrons. The van der Waals surface area contributed by atoms with Gasteiger partial charge in [-0.1, -0.05) is 13.2 Å². The van der Waals surface area contributed by atoms with Crippen LogP contribution in [0.5, 0.6) is 0 Å². The van der Waals surface area contributed by atoms with E-state index >= 15 is 0 Å². The molecular weight excluding hydrogens is 347 g/mol. The quantitative estimate of drug-likeness (QED) is 0.198. The van der Waals surface area contributed by atoms with Crippen molar-refractivity contribution in [2.24, 2.45) is 0 Å². The van der Waals surface area contributed by atoms with E-state index in [1.54, 1.807) is 13.8 Å². The second kappa shape index (κ2) is 12.9. The third kappa shape index (κ3) is 13.5. The molecule has 25 heavy (non-hydrogen) atoms. The summed E-state index contributed by atoms with van der Waals surface area (Å²) in [5.74, 6) is -0.835. The van der Waals surface area contributed by atoms with Crippen molar-refractivity contribution in [2.75, 3.05) is 33.1 Å². The van der Waals surface area contributed by atoms with Crippen molar-refractivity contribution >= 4 is 19.5 Å². The van der Waals surface area contributed by atoms with Crippen LogP contribution in [0, 0.1) is 0 Å². The Morgan fingerprint density at radius 3 is 1.40 bits per heavy atom. The summed E-state index contributed by atoms with van der Waals surface area (Å²) in [5.41, 5.74) is 0.717. The summed E-state index contributed by atoms with van der Waals surface area (Å²) in [6.07, 6.45) is 2.41. The van der Waals surface area contributed by atoms with Crippen LogP contribution >= 0.6 is 7.60 Å². The lowest BCUT2D eigenvalue weighted by atomic mass is 10.3. The van der Waals surface area contributed by atoms with Gasteiger partial charge in [0, 0.05) is 17.8 Å². The smallest absolute Gasteiger partial charge is 0.333 e. The molecule has 0 amide bonds. The Morgan fingerprint density at radius 1 is 0.760 bits per heavy atom. The molecule has 7 nitrogen and oxygen atoms in total. The van der Waals surface area contributed by atoms with Crippen LogP contribution in [0.3, 0.4) is 0 Å². The highest BCUT2D eigenvalue weighted by molar-refractivity contribution is 7.52. The van der Waals surface area contributed by atoms with E-state index in [0.29, 0.717) is 36.8 Å². The molecule has 0 fully saturated rings. The molecule has 0 N–H and O–H groups in total. The highest BCUT2D eigenvalue weighted by atomic mass is 31.2. The minimum absolute atomic E-state index is 0.259. The predicted molar refractivity (Wildman–Crippen MR) is 95.4 cm³/mol. The molecule has 0 aromatic carbocycles. The van der Waals surface area contributed by atoms with Gasteiger partial charge < -0.3 is 18.5 Å². The first-order chi connectivity index (χ1) is 11.7. The summed E-state index contributed by atoms with van der Waals surface area (Å²) in [7, 11) is -3.10. The molecule has 0 aromatic heterocycles. The lowest BCUT2D eigenvalue weighted by Crippen LogP contribution is -2.07. The molecule has 0 heterocycles. The lowest BCUT2D eigenvalue weighted by molar-refractivity contribution is -0.139. The van der Waals surface area contributed by atoms with Crippen LogP contribution in [0.4, 0.5) is 0 Å². The minimum Gasteiger partial charge on any atom is -0.462 e. The van der Waals surface area contributed by atoms with Crippen LogP contribution in [0.15, 0.2) is 24.3 Å². The topological polar surface area (TPSA) is 88.1 Å². The maximum Gasteiger partial charge on any atom is 0.333 e. The standard InChI is InChI=1S/C17H29O7P/c1-14(2)16(18)21-10-6-8-12-23-25(5,20)24-13-9-7-11-22-17(19)15(3)4/h1,3,6-13H2,2,4-5H3. The number of carbonyl (C=O) groups excluding carboxylic acids is 2. The van der Waals surface area contributed by atoms with Crippen molar-refractivity contribution in [1.82, 2.24) is 0 Å². The Labute approximate surface area is 149 Å². The van der Waals surface area contributed by atoms with E-state index in [0.717, 1.165) is 0 Å². The second-order valence-corrected chi connectivity index (χ2v) is 7.74. The van der Waals surface area contributed by atoms with E-state index in [-0.39, 0.29) is 26.4 Å². The van der Waals surface area contributed by atoms with E-state index < -0.39 is 19.5 Å². The molecule has 0 unspecified atom stereocenters. The molecule has 0 radical (unpaired) electrons. The molecule has 0 spiro atoms. The van der Waals surface area contributed by atoms with Crippen LogP contribution in [-0.2, 0) is 32.7 Å². The normalized spacial score (nSPS) is 11.0. The number of rotatable bonds is 14. The summed E-state index contributed by atoms with van der Waals surface area (Å²) in [6.45, 7) is 12.6. The third-order valence-corrected chi connectivity index (χ3v) is 4.20. The van der Waals surface area contributed by atoms with E-state index in [1.807, 2.05) is 0 Å². The molecule has 0 atom stereocenters.